The fourth-order valence-corrected chi connectivity index (χ4v) is 4.37. The zero-order valence-electron chi connectivity index (χ0n) is 13.7. The Hall–Kier alpha value is -1.48. The van der Waals surface area contributed by atoms with Crippen LogP contribution in [0.5, 0.6) is 0 Å². The SMILES string of the molecule is CC1NOC(C)C1c1ccc(S(=O)(=O)Nc2ccc(Br)cc2F)cc1. The van der Waals surface area contributed by atoms with Crippen LogP contribution in [0.15, 0.2) is 51.8 Å². The van der Waals surface area contributed by atoms with E-state index >= 15 is 0 Å². The van der Waals surface area contributed by atoms with Crippen molar-refractivity contribution in [1.29, 1.82) is 0 Å². The summed E-state index contributed by atoms with van der Waals surface area (Å²) in [5, 5.41) is 0. The van der Waals surface area contributed by atoms with Crippen molar-refractivity contribution in [1.82, 2.24) is 5.48 Å². The third-order valence-electron chi connectivity index (χ3n) is 4.23. The molecule has 1 fully saturated rings. The highest BCUT2D eigenvalue weighted by Crippen LogP contribution is 2.31. The summed E-state index contributed by atoms with van der Waals surface area (Å²) in [6.07, 6.45) is -0.00700. The molecule has 0 aliphatic carbocycles. The first-order valence-corrected chi connectivity index (χ1v) is 10.0. The summed E-state index contributed by atoms with van der Waals surface area (Å²) in [7, 11) is -3.87. The number of hydrogen-bond donors (Lipinski definition) is 2. The summed E-state index contributed by atoms with van der Waals surface area (Å²) in [5.74, 6) is -0.514. The minimum absolute atomic E-state index is 0.00700. The Balaban J connectivity index is 1.83. The molecule has 3 unspecified atom stereocenters. The third kappa shape index (κ3) is 3.87. The zero-order valence-corrected chi connectivity index (χ0v) is 16.1. The summed E-state index contributed by atoms with van der Waals surface area (Å²) >= 11 is 3.14. The van der Waals surface area contributed by atoms with Crippen molar-refractivity contribution in [3.63, 3.8) is 0 Å². The number of hydrogen-bond acceptors (Lipinski definition) is 4. The fraction of sp³-hybridized carbons (Fsp3) is 0.294. The second-order valence-electron chi connectivity index (χ2n) is 6.05. The lowest BCUT2D eigenvalue weighted by molar-refractivity contribution is 0.0354. The summed E-state index contributed by atoms with van der Waals surface area (Å²) in [4.78, 5) is 5.48. The van der Waals surface area contributed by atoms with Crippen LogP contribution in [0.25, 0.3) is 0 Å². The molecule has 2 aromatic carbocycles. The molecule has 1 aliphatic rings. The van der Waals surface area contributed by atoms with Gasteiger partial charge in [0.2, 0.25) is 0 Å². The lowest BCUT2D eigenvalue weighted by Crippen LogP contribution is -2.22. The number of nitrogens with one attached hydrogen (secondary N) is 2. The predicted molar refractivity (Wildman–Crippen MR) is 97.2 cm³/mol. The number of anilines is 1. The lowest BCUT2D eigenvalue weighted by Gasteiger charge is -2.17. The van der Waals surface area contributed by atoms with Crippen molar-refractivity contribution < 1.29 is 17.6 Å². The molecule has 1 heterocycles. The van der Waals surface area contributed by atoms with E-state index in [2.05, 4.69) is 26.1 Å². The molecule has 2 aromatic rings. The largest absolute Gasteiger partial charge is 0.298 e. The van der Waals surface area contributed by atoms with Gasteiger partial charge in [-0.2, -0.15) is 5.48 Å². The molecule has 25 heavy (non-hydrogen) atoms. The first kappa shape index (κ1) is 18.3. The van der Waals surface area contributed by atoms with E-state index in [1.54, 1.807) is 18.2 Å². The molecular weight excluding hydrogens is 411 g/mol. The van der Waals surface area contributed by atoms with Gasteiger partial charge >= 0.3 is 0 Å². The lowest BCUT2D eigenvalue weighted by atomic mass is 9.90. The van der Waals surface area contributed by atoms with Crippen LogP contribution >= 0.6 is 15.9 Å². The van der Waals surface area contributed by atoms with Gasteiger partial charge in [0.1, 0.15) is 5.82 Å². The van der Waals surface area contributed by atoms with E-state index in [9.17, 15) is 12.8 Å². The van der Waals surface area contributed by atoms with Gasteiger partial charge in [0.15, 0.2) is 0 Å². The number of sulfonamides is 1. The van der Waals surface area contributed by atoms with E-state index in [1.165, 1.54) is 24.3 Å². The quantitative estimate of drug-likeness (QED) is 0.777. The van der Waals surface area contributed by atoms with Crippen LogP contribution in [0.3, 0.4) is 0 Å². The highest BCUT2D eigenvalue weighted by atomic mass is 79.9. The number of rotatable bonds is 4. The molecular formula is C17H18BrFN2O3S. The maximum Gasteiger partial charge on any atom is 0.261 e. The van der Waals surface area contributed by atoms with Gasteiger partial charge in [-0.1, -0.05) is 28.1 Å². The molecule has 8 heteroatoms. The van der Waals surface area contributed by atoms with Crippen molar-refractivity contribution in [3.05, 3.63) is 58.3 Å². The Morgan fingerprint density at radius 3 is 2.40 bits per heavy atom. The second kappa shape index (κ2) is 7.03. The van der Waals surface area contributed by atoms with Crippen molar-refractivity contribution >= 4 is 31.6 Å². The highest BCUT2D eigenvalue weighted by Gasteiger charge is 2.32. The van der Waals surface area contributed by atoms with Gasteiger partial charge in [-0.3, -0.25) is 9.56 Å². The molecule has 134 valence electrons. The Morgan fingerprint density at radius 2 is 1.84 bits per heavy atom. The number of benzene rings is 2. The van der Waals surface area contributed by atoms with E-state index in [0.29, 0.717) is 4.47 Å². The fourth-order valence-electron chi connectivity index (χ4n) is 2.97. The third-order valence-corrected chi connectivity index (χ3v) is 6.11. The van der Waals surface area contributed by atoms with Crippen LogP contribution in [-0.2, 0) is 14.9 Å². The molecule has 2 N–H and O–H groups in total. The minimum Gasteiger partial charge on any atom is -0.298 e. The van der Waals surface area contributed by atoms with Crippen LogP contribution in [0.2, 0.25) is 0 Å². The molecule has 0 bridgehead atoms. The van der Waals surface area contributed by atoms with Crippen molar-refractivity contribution in [2.24, 2.45) is 0 Å². The molecule has 1 saturated heterocycles. The van der Waals surface area contributed by atoms with Crippen LogP contribution < -0.4 is 10.2 Å². The maximum absolute atomic E-state index is 13.9. The molecule has 3 rings (SSSR count). The van der Waals surface area contributed by atoms with Gasteiger partial charge in [-0.05, 0) is 49.7 Å². The molecule has 0 radical (unpaired) electrons. The van der Waals surface area contributed by atoms with Gasteiger partial charge in [0.05, 0.1) is 16.7 Å². The molecule has 0 spiro atoms. The normalized spacial score (nSPS) is 23.6. The van der Waals surface area contributed by atoms with Crippen LogP contribution in [0.4, 0.5) is 10.1 Å². The second-order valence-corrected chi connectivity index (χ2v) is 8.65. The molecule has 0 aromatic heterocycles. The Labute approximate surface area is 154 Å². The average Bonchev–Trinajstić information content (AvgIpc) is 2.89. The van der Waals surface area contributed by atoms with E-state index in [-0.39, 0.29) is 28.6 Å². The van der Waals surface area contributed by atoms with E-state index in [1.807, 2.05) is 13.8 Å². The Morgan fingerprint density at radius 1 is 1.16 bits per heavy atom. The van der Waals surface area contributed by atoms with Crippen LogP contribution in [0.1, 0.15) is 25.3 Å². The first-order chi connectivity index (χ1) is 11.8. The number of hydroxylamine groups is 1. The monoisotopic (exact) mass is 428 g/mol. The standard InChI is InChI=1S/C17H18BrFN2O3S/c1-10-17(11(2)24-20-10)12-3-6-14(7-4-12)25(22,23)21-16-8-5-13(18)9-15(16)19/h3-11,17,20-21H,1-2H3. The summed E-state index contributed by atoms with van der Waals surface area (Å²) in [5.41, 5.74) is 3.82. The van der Waals surface area contributed by atoms with Gasteiger partial charge in [-0.25, -0.2) is 12.8 Å². The molecule has 5 nitrogen and oxygen atoms in total. The summed E-state index contributed by atoms with van der Waals surface area (Å²) in [6.45, 7) is 3.97. The van der Waals surface area contributed by atoms with E-state index in [0.717, 1.165) is 5.56 Å². The molecule has 3 atom stereocenters. The van der Waals surface area contributed by atoms with Crippen LogP contribution in [0, 0.1) is 5.82 Å². The molecule has 0 saturated carbocycles. The molecule has 1 aliphatic heterocycles. The average molecular weight is 429 g/mol. The number of halogens is 2. The van der Waals surface area contributed by atoms with Crippen LogP contribution in [-0.4, -0.2) is 20.6 Å². The minimum atomic E-state index is -3.87. The van der Waals surface area contributed by atoms with Crippen molar-refractivity contribution in [3.8, 4) is 0 Å². The van der Waals surface area contributed by atoms with Gasteiger partial charge in [0.25, 0.3) is 10.0 Å². The van der Waals surface area contributed by atoms with Crippen molar-refractivity contribution in [2.75, 3.05) is 4.72 Å². The van der Waals surface area contributed by atoms with Gasteiger partial charge in [0, 0.05) is 16.4 Å². The first-order valence-electron chi connectivity index (χ1n) is 7.77. The summed E-state index contributed by atoms with van der Waals surface area (Å²) < 4.78 is 41.6. The van der Waals surface area contributed by atoms with E-state index in [4.69, 9.17) is 4.84 Å². The van der Waals surface area contributed by atoms with Gasteiger partial charge < -0.3 is 0 Å². The maximum atomic E-state index is 13.9. The van der Waals surface area contributed by atoms with E-state index < -0.39 is 15.8 Å². The predicted octanol–water partition coefficient (Wildman–Crippen LogP) is 3.78. The summed E-state index contributed by atoms with van der Waals surface area (Å²) in [6, 6.07) is 10.8. The zero-order chi connectivity index (χ0) is 18.2. The molecule has 0 amide bonds. The highest BCUT2D eigenvalue weighted by molar-refractivity contribution is 9.10. The smallest absolute Gasteiger partial charge is 0.261 e. The van der Waals surface area contributed by atoms with Crippen molar-refractivity contribution in [2.45, 2.75) is 36.8 Å². The Kier molecular flexibility index (Phi) is 5.15. The Bertz CT molecular complexity index is 864. The van der Waals surface area contributed by atoms with Gasteiger partial charge in [-0.15, -0.1) is 0 Å². The topological polar surface area (TPSA) is 67.4 Å².